The maximum absolute atomic E-state index is 13.5. The minimum Gasteiger partial charge on any atom is -0.507 e. The predicted molar refractivity (Wildman–Crippen MR) is 127 cm³/mol. The number of nitrogens with one attached hydrogen (secondary N) is 1. The standard InChI is InChI=1S/C24H24N2O7S/c1-16-8-11-18(12-9-16)34(30,31)26(20-6-4-5-7-22(20)32-2)15-23(28)25-17-10-13-21(27)19(14-17)24(29)33-3/h4-14,27H,15H2,1-3H3,(H,25,28). The zero-order chi connectivity index (χ0) is 24.9. The van der Waals surface area contributed by atoms with Crippen molar-refractivity contribution in [2.45, 2.75) is 11.8 Å². The van der Waals surface area contributed by atoms with E-state index < -0.39 is 28.4 Å². The van der Waals surface area contributed by atoms with Crippen molar-refractivity contribution in [3.8, 4) is 11.5 Å². The summed E-state index contributed by atoms with van der Waals surface area (Å²) < 4.78 is 37.9. The summed E-state index contributed by atoms with van der Waals surface area (Å²) in [5, 5.41) is 12.4. The Hall–Kier alpha value is -4.05. The van der Waals surface area contributed by atoms with Gasteiger partial charge in [-0.2, -0.15) is 0 Å². The first-order chi connectivity index (χ1) is 16.2. The molecular weight excluding hydrogens is 460 g/mol. The van der Waals surface area contributed by atoms with Gasteiger partial charge in [0.25, 0.3) is 10.0 Å². The van der Waals surface area contributed by atoms with E-state index in [1.807, 2.05) is 6.92 Å². The van der Waals surface area contributed by atoms with Crippen molar-refractivity contribution in [3.05, 3.63) is 77.9 Å². The maximum atomic E-state index is 13.5. The average molecular weight is 485 g/mol. The first-order valence-electron chi connectivity index (χ1n) is 10.1. The quantitative estimate of drug-likeness (QED) is 0.371. The largest absolute Gasteiger partial charge is 0.507 e. The van der Waals surface area contributed by atoms with Gasteiger partial charge in [0.1, 0.15) is 23.6 Å². The van der Waals surface area contributed by atoms with Crippen LogP contribution in [0.3, 0.4) is 0 Å². The van der Waals surface area contributed by atoms with Crippen LogP contribution in [0, 0.1) is 6.92 Å². The number of rotatable bonds is 8. The summed E-state index contributed by atoms with van der Waals surface area (Å²) in [5.74, 6) is -1.51. The van der Waals surface area contributed by atoms with Crippen LogP contribution in [0.25, 0.3) is 0 Å². The number of ether oxygens (including phenoxy) is 2. The summed E-state index contributed by atoms with van der Waals surface area (Å²) in [6, 6.07) is 16.5. The van der Waals surface area contributed by atoms with Crippen LogP contribution in [0.5, 0.6) is 11.5 Å². The highest BCUT2D eigenvalue weighted by atomic mass is 32.2. The van der Waals surface area contributed by atoms with Gasteiger partial charge in [0.2, 0.25) is 5.91 Å². The number of hydrogen-bond acceptors (Lipinski definition) is 7. The molecule has 0 atom stereocenters. The third kappa shape index (κ3) is 5.29. The molecule has 3 aromatic rings. The molecule has 0 spiro atoms. The van der Waals surface area contributed by atoms with Crippen molar-refractivity contribution in [2.24, 2.45) is 0 Å². The fourth-order valence-corrected chi connectivity index (χ4v) is 4.62. The average Bonchev–Trinajstić information content (AvgIpc) is 2.83. The Morgan fingerprint density at radius 2 is 1.68 bits per heavy atom. The number of aromatic hydroxyl groups is 1. The Balaban J connectivity index is 1.97. The molecule has 1 amide bonds. The Kier molecular flexibility index (Phi) is 7.42. The molecule has 2 N–H and O–H groups in total. The van der Waals surface area contributed by atoms with E-state index in [2.05, 4.69) is 10.1 Å². The molecule has 0 aliphatic heterocycles. The van der Waals surface area contributed by atoms with Crippen LogP contribution < -0.4 is 14.4 Å². The summed E-state index contributed by atoms with van der Waals surface area (Å²) in [6.45, 7) is 1.26. The van der Waals surface area contributed by atoms with E-state index in [4.69, 9.17) is 4.74 Å². The summed E-state index contributed by atoms with van der Waals surface area (Å²) in [4.78, 5) is 24.8. The number of nitrogens with zero attached hydrogens (tertiary/aromatic N) is 1. The number of aryl methyl sites for hydroxylation is 1. The van der Waals surface area contributed by atoms with Gasteiger partial charge in [0.05, 0.1) is 24.8 Å². The lowest BCUT2D eigenvalue weighted by Crippen LogP contribution is -2.38. The number of carbonyl (C=O) groups is 2. The molecule has 0 bridgehead atoms. The van der Waals surface area contributed by atoms with Gasteiger partial charge in [0, 0.05) is 5.69 Å². The minimum atomic E-state index is -4.14. The molecule has 10 heteroatoms. The van der Waals surface area contributed by atoms with Crippen molar-refractivity contribution >= 4 is 33.3 Å². The molecule has 0 aliphatic rings. The van der Waals surface area contributed by atoms with Crippen molar-refractivity contribution in [1.82, 2.24) is 0 Å². The third-order valence-electron chi connectivity index (χ3n) is 4.94. The smallest absolute Gasteiger partial charge is 0.341 e. The second-order valence-electron chi connectivity index (χ2n) is 7.27. The molecule has 3 aromatic carbocycles. The number of para-hydroxylation sites is 2. The summed E-state index contributed by atoms with van der Waals surface area (Å²) in [7, 11) is -1.58. The molecule has 0 saturated carbocycles. The Morgan fingerprint density at radius 3 is 2.32 bits per heavy atom. The summed E-state index contributed by atoms with van der Waals surface area (Å²) in [6.07, 6.45) is 0. The van der Waals surface area contributed by atoms with Crippen LogP contribution in [0.2, 0.25) is 0 Å². The molecule has 0 saturated heterocycles. The molecule has 9 nitrogen and oxygen atoms in total. The zero-order valence-corrected chi connectivity index (χ0v) is 19.6. The highest BCUT2D eigenvalue weighted by Gasteiger charge is 2.29. The van der Waals surface area contributed by atoms with Gasteiger partial charge >= 0.3 is 5.97 Å². The number of sulfonamides is 1. The minimum absolute atomic E-state index is 0.00872. The number of esters is 1. The number of amides is 1. The van der Waals surface area contributed by atoms with E-state index in [0.29, 0.717) is 0 Å². The molecule has 0 aliphatic carbocycles. The second-order valence-corrected chi connectivity index (χ2v) is 9.13. The zero-order valence-electron chi connectivity index (χ0n) is 18.8. The first kappa shape index (κ1) is 24.6. The number of carbonyl (C=O) groups excluding carboxylic acids is 2. The van der Waals surface area contributed by atoms with E-state index in [1.165, 1.54) is 43.5 Å². The molecule has 178 valence electrons. The van der Waals surface area contributed by atoms with E-state index in [-0.39, 0.29) is 33.3 Å². The van der Waals surface area contributed by atoms with E-state index in [0.717, 1.165) is 17.0 Å². The van der Waals surface area contributed by atoms with Gasteiger partial charge in [-0.1, -0.05) is 29.8 Å². The highest BCUT2D eigenvalue weighted by Crippen LogP contribution is 2.32. The van der Waals surface area contributed by atoms with Crippen LogP contribution in [0.1, 0.15) is 15.9 Å². The number of methoxy groups -OCH3 is 2. The number of phenols is 1. The molecule has 0 heterocycles. The normalized spacial score (nSPS) is 10.9. The summed E-state index contributed by atoms with van der Waals surface area (Å²) >= 11 is 0. The van der Waals surface area contributed by atoms with Crippen molar-refractivity contribution in [3.63, 3.8) is 0 Å². The van der Waals surface area contributed by atoms with Crippen molar-refractivity contribution in [2.75, 3.05) is 30.4 Å². The second kappa shape index (κ2) is 10.3. The van der Waals surface area contributed by atoms with Crippen LogP contribution >= 0.6 is 0 Å². The fraction of sp³-hybridized carbons (Fsp3) is 0.167. The van der Waals surface area contributed by atoms with E-state index in [1.54, 1.807) is 30.3 Å². The monoisotopic (exact) mass is 484 g/mol. The van der Waals surface area contributed by atoms with Crippen LogP contribution in [0.4, 0.5) is 11.4 Å². The Labute approximate surface area is 197 Å². The molecule has 34 heavy (non-hydrogen) atoms. The van der Waals surface area contributed by atoms with Crippen molar-refractivity contribution in [1.29, 1.82) is 0 Å². The lowest BCUT2D eigenvalue weighted by molar-refractivity contribution is -0.114. The fourth-order valence-electron chi connectivity index (χ4n) is 3.19. The van der Waals surface area contributed by atoms with Crippen molar-refractivity contribution < 1.29 is 32.6 Å². The summed E-state index contributed by atoms with van der Waals surface area (Å²) in [5.41, 5.74) is 1.10. The molecule has 0 unspecified atom stereocenters. The maximum Gasteiger partial charge on any atom is 0.341 e. The molecular formula is C24H24N2O7S. The van der Waals surface area contributed by atoms with E-state index >= 15 is 0 Å². The number of anilines is 2. The van der Waals surface area contributed by atoms with Crippen LogP contribution in [0.15, 0.2) is 71.6 Å². The van der Waals surface area contributed by atoms with Gasteiger partial charge in [-0.3, -0.25) is 9.10 Å². The van der Waals surface area contributed by atoms with Crippen LogP contribution in [-0.2, 0) is 19.6 Å². The van der Waals surface area contributed by atoms with Gasteiger partial charge in [-0.15, -0.1) is 0 Å². The predicted octanol–water partition coefficient (Wildman–Crippen LogP) is 3.33. The van der Waals surface area contributed by atoms with E-state index in [9.17, 15) is 23.1 Å². The van der Waals surface area contributed by atoms with Gasteiger partial charge in [0.15, 0.2) is 0 Å². The lowest BCUT2D eigenvalue weighted by Gasteiger charge is -2.25. The molecule has 0 fully saturated rings. The number of hydrogen-bond donors (Lipinski definition) is 2. The van der Waals surface area contributed by atoms with Gasteiger partial charge in [-0.05, 0) is 49.4 Å². The Morgan fingerprint density at radius 1 is 1.00 bits per heavy atom. The SMILES string of the molecule is COC(=O)c1cc(NC(=O)CN(c2ccccc2OC)S(=O)(=O)c2ccc(C)cc2)ccc1O. The van der Waals surface area contributed by atoms with Crippen LogP contribution in [-0.4, -0.2) is 46.2 Å². The number of benzene rings is 3. The van der Waals surface area contributed by atoms with Gasteiger partial charge in [-0.25, -0.2) is 13.2 Å². The Bertz CT molecular complexity index is 1310. The molecule has 0 aromatic heterocycles. The third-order valence-corrected chi connectivity index (χ3v) is 6.71. The molecule has 0 radical (unpaired) electrons. The number of phenolic OH excluding ortho intramolecular Hbond substituents is 1. The lowest BCUT2D eigenvalue weighted by atomic mass is 10.1. The van der Waals surface area contributed by atoms with Gasteiger partial charge < -0.3 is 19.9 Å². The first-order valence-corrected chi connectivity index (χ1v) is 11.5. The highest BCUT2D eigenvalue weighted by molar-refractivity contribution is 7.92. The molecule has 3 rings (SSSR count). The topological polar surface area (TPSA) is 122 Å².